The lowest BCUT2D eigenvalue weighted by molar-refractivity contribution is -0.145. The van der Waals surface area contributed by atoms with E-state index >= 15 is 0 Å². The molecule has 1 aliphatic rings. The van der Waals surface area contributed by atoms with Gasteiger partial charge in [0.15, 0.2) is 5.69 Å². The molecule has 1 aromatic heterocycles. The Balaban J connectivity index is 1.73. The van der Waals surface area contributed by atoms with E-state index in [9.17, 15) is 9.59 Å². The van der Waals surface area contributed by atoms with E-state index < -0.39 is 5.97 Å². The maximum absolute atomic E-state index is 12.3. The van der Waals surface area contributed by atoms with E-state index in [-0.39, 0.29) is 17.9 Å². The van der Waals surface area contributed by atoms with Gasteiger partial charge in [-0.3, -0.25) is 9.59 Å². The maximum atomic E-state index is 12.3. The monoisotopic (exact) mass is 333 g/mol. The van der Waals surface area contributed by atoms with E-state index in [1.54, 1.807) is 23.9 Å². The molecule has 3 rings (SSSR count). The van der Waals surface area contributed by atoms with Crippen LogP contribution < -0.4 is 5.32 Å². The third-order valence-corrected chi connectivity index (χ3v) is 4.35. The Morgan fingerprint density at radius 1 is 1.35 bits per heavy atom. The first-order valence-corrected chi connectivity index (χ1v) is 7.68. The molecule has 7 heteroatoms. The van der Waals surface area contributed by atoms with Crippen LogP contribution in [0.5, 0.6) is 0 Å². The highest BCUT2D eigenvalue weighted by Gasteiger charge is 2.35. The van der Waals surface area contributed by atoms with E-state index in [2.05, 4.69) is 10.4 Å². The first-order valence-electron chi connectivity index (χ1n) is 7.30. The molecule has 1 saturated carbocycles. The van der Waals surface area contributed by atoms with Gasteiger partial charge in [-0.1, -0.05) is 23.7 Å². The summed E-state index contributed by atoms with van der Waals surface area (Å²) >= 11 is 6.14. The van der Waals surface area contributed by atoms with Crippen molar-refractivity contribution < 1.29 is 14.7 Å². The highest BCUT2D eigenvalue weighted by Crippen LogP contribution is 2.28. The van der Waals surface area contributed by atoms with Crippen LogP contribution in [0, 0.1) is 12.8 Å². The molecule has 2 N–H and O–H groups in total. The molecule has 0 unspecified atom stereocenters. The molecule has 1 heterocycles. The van der Waals surface area contributed by atoms with Crippen molar-refractivity contribution in [2.24, 2.45) is 5.92 Å². The largest absolute Gasteiger partial charge is 0.481 e. The molecule has 120 valence electrons. The zero-order valence-corrected chi connectivity index (χ0v) is 13.2. The number of rotatable bonds is 4. The molecule has 0 saturated heterocycles. The van der Waals surface area contributed by atoms with E-state index in [0.29, 0.717) is 29.2 Å². The smallest absolute Gasteiger partial charge is 0.306 e. The lowest BCUT2D eigenvalue weighted by Gasteiger charge is -2.32. The van der Waals surface area contributed by atoms with E-state index in [0.717, 1.165) is 5.56 Å². The van der Waals surface area contributed by atoms with Gasteiger partial charge in [0.2, 0.25) is 0 Å². The number of aromatic nitrogens is 2. The Labute approximate surface area is 138 Å². The topological polar surface area (TPSA) is 84.2 Å². The number of carboxylic acids is 1. The third kappa shape index (κ3) is 3.07. The van der Waals surface area contributed by atoms with Gasteiger partial charge in [-0.05, 0) is 31.9 Å². The number of carboxylic acid groups (broad SMARTS) is 1. The van der Waals surface area contributed by atoms with Crippen molar-refractivity contribution in [2.45, 2.75) is 25.8 Å². The van der Waals surface area contributed by atoms with Gasteiger partial charge in [0, 0.05) is 17.8 Å². The highest BCUT2D eigenvalue weighted by molar-refractivity contribution is 6.32. The summed E-state index contributed by atoms with van der Waals surface area (Å²) in [5, 5.41) is 16.5. The number of aliphatic carboxylic acids is 1. The molecule has 0 atom stereocenters. The summed E-state index contributed by atoms with van der Waals surface area (Å²) in [6, 6.07) is 7.14. The number of amides is 1. The van der Waals surface area contributed by atoms with Crippen LogP contribution in [0.4, 0.5) is 0 Å². The number of para-hydroxylation sites is 1. The average molecular weight is 334 g/mol. The van der Waals surface area contributed by atoms with Crippen molar-refractivity contribution in [3.63, 3.8) is 0 Å². The van der Waals surface area contributed by atoms with Gasteiger partial charge < -0.3 is 10.4 Å². The first-order chi connectivity index (χ1) is 11.0. The zero-order valence-electron chi connectivity index (χ0n) is 12.5. The predicted molar refractivity (Wildman–Crippen MR) is 84.9 cm³/mol. The van der Waals surface area contributed by atoms with Crippen LogP contribution in [0.15, 0.2) is 30.5 Å². The number of carbonyl (C=O) groups is 2. The van der Waals surface area contributed by atoms with Crippen LogP contribution in [0.1, 0.15) is 28.9 Å². The normalized spacial score (nSPS) is 19.9. The van der Waals surface area contributed by atoms with Crippen LogP contribution in [0.25, 0.3) is 5.69 Å². The van der Waals surface area contributed by atoms with Crippen LogP contribution in [0.2, 0.25) is 5.02 Å². The van der Waals surface area contributed by atoms with Crippen LogP contribution >= 0.6 is 11.6 Å². The Morgan fingerprint density at radius 2 is 2.04 bits per heavy atom. The minimum absolute atomic E-state index is 0.103. The van der Waals surface area contributed by atoms with Crippen molar-refractivity contribution in [1.82, 2.24) is 15.1 Å². The molecule has 23 heavy (non-hydrogen) atoms. The van der Waals surface area contributed by atoms with Gasteiger partial charge in [-0.15, -0.1) is 0 Å². The van der Waals surface area contributed by atoms with Gasteiger partial charge in [0.05, 0.1) is 16.6 Å². The third-order valence-electron chi connectivity index (χ3n) is 4.03. The minimum Gasteiger partial charge on any atom is -0.481 e. The van der Waals surface area contributed by atoms with Gasteiger partial charge >= 0.3 is 5.97 Å². The van der Waals surface area contributed by atoms with Crippen LogP contribution in [-0.4, -0.2) is 32.8 Å². The first kappa shape index (κ1) is 15.6. The number of nitrogens with one attached hydrogen (secondary N) is 1. The molecule has 0 bridgehead atoms. The van der Waals surface area contributed by atoms with Gasteiger partial charge in [0.1, 0.15) is 0 Å². The number of benzene rings is 1. The van der Waals surface area contributed by atoms with Crippen molar-refractivity contribution in [2.75, 3.05) is 0 Å². The summed E-state index contributed by atoms with van der Waals surface area (Å²) in [5.41, 5.74) is 1.76. The molecule has 1 fully saturated rings. The van der Waals surface area contributed by atoms with Gasteiger partial charge in [-0.2, -0.15) is 5.10 Å². The number of hydrogen-bond acceptors (Lipinski definition) is 3. The molecule has 0 radical (unpaired) electrons. The molecular formula is C16H16ClN3O3. The summed E-state index contributed by atoms with van der Waals surface area (Å²) in [6.45, 7) is 1.80. The summed E-state index contributed by atoms with van der Waals surface area (Å²) in [6.07, 6.45) is 2.67. The number of aryl methyl sites for hydroxylation is 1. The molecule has 0 spiro atoms. The molecular weight excluding hydrogens is 318 g/mol. The second kappa shape index (κ2) is 6.04. The van der Waals surface area contributed by atoms with Crippen molar-refractivity contribution >= 4 is 23.5 Å². The molecule has 1 aliphatic carbocycles. The fourth-order valence-electron chi connectivity index (χ4n) is 2.64. The van der Waals surface area contributed by atoms with Crippen molar-refractivity contribution in [1.29, 1.82) is 0 Å². The predicted octanol–water partition coefficient (Wildman–Crippen LogP) is 2.43. The quantitative estimate of drug-likeness (QED) is 0.900. The molecule has 1 amide bonds. The summed E-state index contributed by atoms with van der Waals surface area (Å²) in [7, 11) is 0. The molecule has 2 aromatic rings. The second-order valence-electron chi connectivity index (χ2n) is 5.73. The number of halogens is 1. The summed E-state index contributed by atoms with van der Waals surface area (Å²) in [5.74, 6) is -1.46. The lowest BCUT2D eigenvalue weighted by atomic mass is 9.80. The Bertz CT molecular complexity index is 766. The van der Waals surface area contributed by atoms with E-state index in [1.807, 2.05) is 18.2 Å². The minimum atomic E-state index is -0.810. The average Bonchev–Trinajstić information content (AvgIpc) is 2.84. The Kier molecular flexibility index (Phi) is 4.09. The molecule has 1 aromatic carbocycles. The maximum Gasteiger partial charge on any atom is 0.306 e. The van der Waals surface area contributed by atoms with Crippen molar-refractivity contribution in [3.8, 4) is 5.69 Å². The lowest BCUT2D eigenvalue weighted by Crippen LogP contribution is -2.46. The van der Waals surface area contributed by atoms with Gasteiger partial charge in [-0.25, -0.2) is 4.68 Å². The van der Waals surface area contributed by atoms with Crippen molar-refractivity contribution in [3.05, 3.63) is 46.7 Å². The number of nitrogens with zero attached hydrogens (tertiary/aromatic N) is 2. The summed E-state index contributed by atoms with van der Waals surface area (Å²) in [4.78, 5) is 23.1. The van der Waals surface area contributed by atoms with Gasteiger partial charge in [0.25, 0.3) is 5.91 Å². The fraction of sp³-hybridized carbons (Fsp3) is 0.312. The number of hydrogen-bond donors (Lipinski definition) is 2. The summed E-state index contributed by atoms with van der Waals surface area (Å²) < 4.78 is 1.58. The van der Waals surface area contributed by atoms with E-state index in [1.165, 1.54) is 0 Å². The second-order valence-corrected chi connectivity index (χ2v) is 6.14. The van der Waals surface area contributed by atoms with Crippen LogP contribution in [0.3, 0.4) is 0 Å². The standard InChI is InChI=1S/C16H16ClN3O3/c1-9-8-20(13-5-3-2-4-12(13)17)19-14(9)15(21)18-11-6-10(7-11)16(22)23/h2-5,8,10-11H,6-7H2,1H3,(H,18,21)(H,22,23). The van der Waals surface area contributed by atoms with E-state index in [4.69, 9.17) is 16.7 Å². The Hall–Kier alpha value is -2.34. The zero-order chi connectivity index (χ0) is 16.6. The Morgan fingerprint density at radius 3 is 2.70 bits per heavy atom. The molecule has 6 nitrogen and oxygen atoms in total. The number of carbonyl (C=O) groups excluding carboxylic acids is 1. The SMILES string of the molecule is Cc1cn(-c2ccccc2Cl)nc1C(=O)NC1CC(C(=O)O)C1. The van der Waals surface area contributed by atoms with Crippen LogP contribution in [-0.2, 0) is 4.79 Å². The molecule has 0 aliphatic heterocycles. The highest BCUT2D eigenvalue weighted by atomic mass is 35.5. The fourth-order valence-corrected chi connectivity index (χ4v) is 2.86.